The van der Waals surface area contributed by atoms with Crippen molar-refractivity contribution in [3.8, 4) is 5.75 Å². The average molecular weight is 391 g/mol. The minimum absolute atomic E-state index is 0.0544. The normalized spacial score (nSPS) is 11.2. The molecule has 0 spiro atoms. The van der Waals surface area contributed by atoms with Crippen molar-refractivity contribution >= 4 is 43.2 Å². The molecule has 0 heterocycles. The molecule has 2 rings (SSSR count). The van der Waals surface area contributed by atoms with E-state index in [4.69, 9.17) is 16.3 Å². The van der Waals surface area contributed by atoms with Gasteiger partial charge in [0.25, 0.3) is 10.0 Å². The molecular weight excluding hydrogens is 378 g/mol. The Balaban J connectivity index is 2.48. The van der Waals surface area contributed by atoms with Crippen LogP contribution < -0.4 is 9.46 Å². The molecule has 0 amide bonds. The van der Waals surface area contributed by atoms with Crippen LogP contribution in [0.5, 0.6) is 5.75 Å². The number of rotatable bonds is 4. The zero-order valence-corrected chi connectivity index (χ0v) is 14.5. The summed E-state index contributed by atoms with van der Waals surface area (Å²) in [6.07, 6.45) is 0. The number of anilines is 1. The summed E-state index contributed by atoms with van der Waals surface area (Å²) in [5, 5.41) is 0.458. The number of ether oxygens (including phenoxy) is 1. The summed E-state index contributed by atoms with van der Waals surface area (Å²) in [4.78, 5) is 0.0544. The quantitative estimate of drug-likeness (QED) is 0.850. The van der Waals surface area contributed by atoms with Gasteiger partial charge in [0.15, 0.2) is 0 Å². The number of benzene rings is 2. The Morgan fingerprint density at radius 3 is 2.57 bits per heavy atom. The van der Waals surface area contributed by atoms with Gasteiger partial charge in [0.05, 0.1) is 12.8 Å². The van der Waals surface area contributed by atoms with Crippen LogP contribution >= 0.6 is 27.5 Å². The first-order chi connectivity index (χ1) is 9.83. The van der Waals surface area contributed by atoms with Crippen LogP contribution in [0.4, 0.5) is 5.69 Å². The van der Waals surface area contributed by atoms with E-state index in [1.165, 1.54) is 13.2 Å². The first-order valence-electron chi connectivity index (χ1n) is 5.96. The zero-order chi connectivity index (χ0) is 15.6. The molecule has 0 unspecified atom stereocenters. The number of hydrogen-bond acceptors (Lipinski definition) is 3. The van der Waals surface area contributed by atoms with E-state index in [1.807, 2.05) is 0 Å². The van der Waals surface area contributed by atoms with E-state index in [-0.39, 0.29) is 10.6 Å². The van der Waals surface area contributed by atoms with Crippen LogP contribution in [0, 0.1) is 6.92 Å². The Morgan fingerprint density at radius 2 is 1.90 bits per heavy atom. The van der Waals surface area contributed by atoms with Crippen molar-refractivity contribution in [1.29, 1.82) is 0 Å². The molecule has 0 aliphatic heterocycles. The van der Waals surface area contributed by atoms with Crippen LogP contribution in [-0.2, 0) is 10.0 Å². The summed E-state index contributed by atoms with van der Waals surface area (Å²) in [5.74, 6) is 0.269. The molecule has 7 heteroatoms. The van der Waals surface area contributed by atoms with Crippen LogP contribution in [0.1, 0.15) is 5.56 Å². The summed E-state index contributed by atoms with van der Waals surface area (Å²) in [7, 11) is -2.36. The van der Waals surface area contributed by atoms with Crippen molar-refractivity contribution in [2.45, 2.75) is 11.8 Å². The van der Waals surface area contributed by atoms with Gasteiger partial charge in [-0.05, 0) is 42.8 Å². The maximum atomic E-state index is 12.5. The van der Waals surface area contributed by atoms with Crippen molar-refractivity contribution in [3.05, 3.63) is 51.5 Å². The molecule has 2 aromatic rings. The van der Waals surface area contributed by atoms with Gasteiger partial charge in [-0.25, -0.2) is 8.42 Å². The molecule has 112 valence electrons. The van der Waals surface area contributed by atoms with Crippen LogP contribution in [0.3, 0.4) is 0 Å². The van der Waals surface area contributed by atoms with E-state index >= 15 is 0 Å². The van der Waals surface area contributed by atoms with E-state index in [1.54, 1.807) is 37.3 Å². The molecule has 0 aliphatic rings. The molecule has 1 N–H and O–H groups in total. The third-order valence-corrected chi connectivity index (χ3v) is 4.97. The van der Waals surface area contributed by atoms with Crippen molar-refractivity contribution in [1.82, 2.24) is 0 Å². The number of nitrogens with one attached hydrogen (secondary N) is 1. The van der Waals surface area contributed by atoms with Crippen molar-refractivity contribution in [2.24, 2.45) is 0 Å². The largest absolute Gasteiger partial charge is 0.495 e. The number of methoxy groups -OCH3 is 1. The lowest BCUT2D eigenvalue weighted by Gasteiger charge is -2.13. The molecule has 0 bridgehead atoms. The van der Waals surface area contributed by atoms with Crippen LogP contribution in [-0.4, -0.2) is 15.5 Å². The maximum absolute atomic E-state index is 12.5. The predicted octanol–water partition coefficient (Wildman–Crippen LogP) is 4.22. The summed E-state index contributed by atoms with van der Waals surface area (Å²) >= 11 is 9.17. The fourth-order valence-electron chi connectivity index (χ4n) is 1.76. The highest BCUT2D eigenvalue weighted by Crippen LogP contribution is 2.30. The third-order valence-electron chi connectivity index (χ3n) is 2.86. The first kappa shape index (κ1) is 16.1. The number of halogens is 2. The Bertz CT molecular complexity index is 778. The summed E-state index contributed by atoms with van der Waals surface area (Å²) in [5.41, 5.74) is 1.21. The number of hydrogen-bond donors (Lipinski definition) is 1. The van der Waals surface area contributed by atoms with E-state index in [2.05, 4.69) is 20.7 Å². The summed E-state index contributed by atoms with van der Waals surface area (Å²) < 4.78 is 33.4. The van der Waals surface area contributed by atoms with Gasteiger partial charge in [0.2, 0.25) is 0 Å². The van der Waals surface area contributed by atoms with Crippen molar-refractivity contribution < 1.29 is 13.2 Å². The number of aryl methyl sites for hydroxylation is 1. The second-order valence-corrected chi connectivity index (χ2v) is 7.36. The second kappa shape index (κ2) is 6.25. The third kappa shape index (κ3) is 3.70. The molecular formula is C14H13BrClNO3S. The highest BCUT2D eigenvalue weighted by Gasteiger charge is 2.20. The van der Waals surface area contributed by atoms with Gasteiger partial charge in [-0.2, -0.15) is 0 Å². The molecule has 0 aliphatic carbocycles. The lowest BCUT2D eigenvalue weighted by atomic mass is 10.2. The second-order valence-electron chi connectivity index (χ2n) is 4.36. The molecule has 4 nitrogen and oxygen atoms in total. The predicted molar refractivity (Wildman–Crippen MR) is 87.7 cm³/mol. The molecule has 0 aromatic heterocycles. The van der Waals surface area contributed by atoms with Crippen LogP contribution in [0.2, 0.25) is 5.02 Å². The Labute approximate surface area is 137 Å². The van der Waals surface area contributed by atoms with E-state index in [0.717, 1.165) is 5.56 Å². The standard InChI is InChI=1S/C14H13BrClNO3S/c1-9-3-5-11(16)8-12(9)17-21(18,19)14-7-10(15)4-6-13(14)20-2/h3-8,17H,1-2H3. The fraction of sp³-hybridized carbons (Fsp3) is 0.143. The van der Waals surface area contributed by atoms with Crippen molar-refractivity contribution in [2.75, 3.05) is 11.8 Å². The molecule has 0 saturated heterocycles. The lowest BCUT2D eigenvalue weighted by Crippen LogP contribution is -2.15. The smallest absolute Gasteiger partial charge is 0.265 e. The Hall–Kier alpha value is -1.24. The van der Waals surface area contributed by atoms with Crippen molar-refractivity contribution in [3.63, 3.8) is 0 Å². The first-order valence-corrected chi connectivity index (χ1v) is 8.61. The minimum Gasteiger partial charge on any atom is -0.495 e. The SMILES string of the molecule is COc1ccc(Br)cc1S(=O)(=O)Nc1cc(Cl)ccc1C. The summed E-state index contributed by atoms with van der Waals surface area (Å²) in [6.45, 7) is 1.80. The Kier molecular flexibility index (Phi) is 4.81. The Morgan fingerprint density at radius 1 is 1.19 bits per heavy atom. The zero-order valence-electron chi connectivity index (χ0n) is 11.4. The van der Waals surface area contributed by atoms with Gasteiger partial charge >= 0.3 is 0 Å². The highest BCUT2D eigenvalue weighted by molar-refractivity contribution is 9.10. The van der Waals surface area contributed by atoms with Gasteiger partial charge in [-0.15, -0.1) is 0 Å². The van der Waals surface area contributed by atoms with Crippen LogP contribution in [0.15, 0.2) is 45.8 Å². The monoisotopic (exact) mass is 389 g/mol. The fourth-order valence-corrected chi connectivity index (χ4v) is 3.77. The molecule has 0 fully saturated rings. The highest BCUT2D eigenvalue weighted by atomic mass is 79.9. The van der Waals surface area contributed by atoms with E-state index < -0.39 is 10.0 Å². The maximum Gasteiger partial charge on any atom is 0.265 e. The summed E-state index contributed by atoms with van der Waals surface area (Å²) in [6, 6.07) is 9.80. The molecule has 2 aromatic carbocycles. The van der Waals surface area contributed by atoms with Gasteiger partial charge in [-0.3, -0.25) is 4.72 Å². The molecule has 0 radical (unpaired) electrons. The molecule has 0 saturated carbocycles. The van der Waals surface area contributed by atoms with Gasteiger partial charge < -0.3 is 4.74 Å². The number of sulfonamides is 1. The minimum atomic E-state index is -3.78. The van der Waals surface area contributed by atoms with Gasteiger partial charge in [0.1, 0.15) is 10.6 Å². The molecule has 0 atom stereocenters. The average Bonchev–Trinajstić information content (AvgIpc) is 2.42. The van der Waals surface area contributed by atoms with Gasteiger partial charge in [0, 0.05) is 9.50 Å². The van der Waals surface area contributed by atoms with Crippen LogP contribution in [0.25, 0.3) is 0 Å². The van der Waals surface area contributed by atoms with E-state index in [0.29, 0.717) is 15.2 Å². The molecule has 21 heavy (non-hydrogen) atoms. The van der Waals surface area contributed by atoms with Gasteiger partial charge in [-0.1, -0.05) is 33.6 Å². The topological polar surface area (TPSA) is 55.4 Å². The lowest BCUT2D eigenvalue weighted by molar-refractivity contribution is 0.403. The van der Waals surface area contributed by atoms with E-state index in [9.17, 15) is 8.42 Å².